The minimum atomic E-state index is -0.285. The minimum absolute atomic E-state index is 0.285. The van der Waals surface area contributed by atoms with Gasteiger partial charge in [-0.25, -0.2) is 4.39 Å². The third kappa shape index (κ3) is 2.27. The van der Waals surface area contributed by atoms with Crippen molar-refractivity contribution >= 4 is 15.9 Å². The highest BCUT2D eigenvalue weighted by atomic mass is 79.9. The Morgan fingerprint density at radius 2 is 2.21 bits per heavy atom. The number of hydrogen-bond donors (Lipinski definition) is 0. The summed E-state index contributed by atoms with van der Waals surface area (Å²) < 4.78 is 19.5. The maximum Gasteiger partial charge on any atom is 0.165 e. The monoisotopic (exact) mass is 258 g/mol. The smallest absolute Gasteiger partial charge is 0.165 e. The van der Waals surface area contributed by atoms with Crippen LogP contribution in [-0.2, 0) is 0 Å². The van der Waals surface area contributed by atoms with Gasteiger partial charge in [-0.3, -0.25) is 0 Å². The first-order valence-corrected chi connectivity index (χ1v) is 5.63. The van der Waals surface area contributed by atoms with Gasteiger partial charge in [0.2, 0.25) is 0 Å². The van der Waals surface area contributed by atoms with Crippen molar-refractivity contribution in [1.82, 2.24) is 0 Å². The van der Waals surface area contributed by atoms with E-state index in [4.69, 9.17) is 4.74 Å². The molecule has 0 unspecified atom stereocenters. The lowest BCUT2D eigenvalue weighted by Crippen LogP contribution is -2.19. The standard InChI is InChI=1S/C11H12BrFO/c12-9-4-5-10(13)11(6-9)14-7-8-2-1-3-8/h4-6,8H,1-3,7H2. The van der Waals surface area contributed by atoms with Crippen LogP contribution in [0, 0.1) is 11.7 Å². The minimum Gasteiger partial charge on any atom is -0.490 e. The maximum absolute atomic E-state index is 13.2. The van der Waals surface area contributed by atoms with Crippen LogP contribution < -0.4 is 4.74 Å². The van der Waals surface area contributed by atoms with E-state index < -0.39 is 0 Å². The van der Waals surface area contributed by atoms with Gasteiger partial charge in [0.1, 0.15) is 0 Å². The highest BCUT2D eigenvalue weighted by molar-refractivity contribution is 9.10. The van der Waals surface area contributed by atoms with Crippen LogP contribution >= 0.6 is 15.9 Å². The van der Waals surface area contributed by atoms with Crippen LogP contribution in [0.25, 0.3) is 0 Å². The van der Waals surface area contributed by atoms with Gasteiger partial charge in [-0.1, -0.05) is 22.4 Å². The Hall–Kier alpha value is -0.570. The molecule has 1 aliphatic rings. The van der Waals surface area contributed by atoms with Gasteiger partial charge in [-0.2, -0.15) is 0 Å². The van der Waals surface area contributed by atoms with E-state index in [1.54, 1.807) is 12.1 Å². The number of benzene rings is 1. The lowest BCUT2D eigenvalue weighted by molar-refractivity contribution is 0.175. The lowest BCUT2D eigenvalue weighted by Gasteiger charge is -2.25. The van der Waals surface area contributed by atoms with Gasteiger partial charge in [0.05, 0.1) is 6.61 Å². The second-order valence-corrected chi connectivity index (χ2v) is 4.60. The van der Waals surface area contributed by atoms with E-state index in [2.05, 4.69) is 15.9 Å². The second-order valence-electron chi connectivity index (χ2n) is 3.68. The largest absolute Gasteiger partial charge is 0.490 e. The summed E-state index contributed by atoms with van der Waals surface area (Å²) in [4.78, 5) is 0. The average molecular weight is 259 g/mol. The Labute approximate surface area is 91.4 Å². The summed E-state index contributed by atoms with van der Waals surface area (Å²) in [5.74, 6) is 0.701. The van der Waals surface area contributed by atoms with Crippen LogP contribution in [0.4, 0.5) is 4.39 Å². The summed E-state index contributed by atoms with van der Waals surface area (Å²) >= 11 is 3.29. The molecule has 0 bridgehead atoms. The molecule has 0 aliphatic heterocycles. The molecule has 0 aromatic heterocycles. The summed E-state index contributed by atoms with van der Waals surface area (Å²) in [5, 5.41) is 0. The molecule has 0 amide bonds. The molecule has 3 heteroatoms. The predicted octanol–water partition coefficient (Wildman–Crippen LogP) is 3.77. The zero-order chi connectivity index (χ0) is 9.97. The molecule has 1 nitrogen and oxygen atoms in total. The van der Waals surface area contributed by atoms with E-state index in [0.29, 0.717) is 18.3 Å². The molecule has 0 spiro atoms. The number of rotatable bonds is 3. The molecule has 2 rings (SSSR count). The molecule has 0 N–H and O–H groups in total. The van der Waals surface area contributed by atoms with Crippen LogP contribution in [0.5, 0.6) is 5.75 Å². The van der Waals surface area contributed by atoms with Gasteiger partial charge in [0.25, 0.3) is 0 Å². The summed E-state index contributed by atoms with van der Waals surface area (Å²) in [6.45, 7) is 0.646. The van der Waals surface area contributed by atoms with Crippen molar-refractivity contribution in [2.45, 2.75) is 19.3 Å². The van der Waals surface area contributed by atoms with Gasteiger partial charge in [-0.05, 0) is 37.0 Å². The highest BCUT2D eigenvalue weighted by Gasteiger charge is 2.18. The number of hydrogen-bond acceptors (Lipinski definition) is 1. The van der Waals surface area contributed by atoms with Crippen molar-refractivity contribution in [3.8, 4) is 5.75 Å². The Morgan fingerprint density at radius 1 is 1.43 bits per heavy atom. The molecule has 1 fully saturated rings. The van der Waals surface area contributed by atoms with Gasteiger partial charge in [0, 0.05) is 4.47 Å². The third-order valence-electron chi connectivity index (χ3n) is 2.59. The lowest BCUT2D eigenvalue weighted by atomic mass is 9.86. The first kappa shape index (κ1) is 9.97. The summed E-state index contributed by atoms with van der Waals surface area (Å²) in [6, 6.07) is 4.76. The van der Waals surface area contributed by atoms with Crippen molar-refractivity contribution < 1.29 is 9.13 Å². The number of ether oxygens (including phenoxy) is 1. The second kappa shape index (κ2) is 4.30. The Kier molecular flexibility index (Phi) is 3.06. The molecule has 1 aromatic carbocycles. The van der Waals surface area contributed by atoms with Crippen molar-refractivity contribution in [1.29, 1.82) is 0 Å². The SMILES string of the molecule is Fc1ccc(Br)cc1OCC1CCC1. The summed E-state index contributed by atoms with van der Waals surface area (Å²) in [7, 11) is 0. The number of halogens is 2. The van der Waals surface area contributed by atoms with Crippen LogP contribution in [0.3, 0.4) is 0 Å². The quantitative estimate of drug-likeness (QED) is 0.802. The fourth-order valence-electron chi connectivity index (χ4n) is 1.45. The predicted molar refractivity (Wildman–Crippen MR) is 56.9 cm³/mol. The summed E-state index contributed by atoms with van der Waals surface area (Å²) in [6.07, 6.45) is 3.72. The third-order valence-corrected chi connectivity index (χ3v) is 3.09. The Balaban J connectivity index is 1.96. The van der Waals surface area contributed by atoms with Crippen LogP contribution in [0.1, 0.15) is 19.3 Å². The molecule has 76 valence electrons. The molecule has 14 heavy (non-hydrogen) atoms. The molecule has 1 saturated carbocycles. The van der Waals surface area contributed by atoms with Crippen molar-refractivity contribution in [2.75, 3.05) is 6.61 Å². The zero-order valence-corrected chi connectivity index (χ0v) is 9.39. The van der Waals surface area contributed by atoms with Crippen LogP contribution in [0.2, 0.25) is 0 Å². The van der Waals surface area contributed by atoms with Crippen molar-refractivity contribution in [2.24, 2.45) is 5.92 Å². The molecular formula is C11H12BrFO. The van der Waals surface area contributed by atoms with E-state index in [-0.39, 0.29) is 5.82 Å². The fourth-order valence-corrected chi connectivity index (χ4v) is 1.79. The van der Waals surface area contributed by atoms with Crippen molar-refractivity contribution in [3.63, 3.8) is 0 Å². The first-order valence-electron chi connectivity index (χ1n) is 4.83. The first-order chi connectivity index (χ1) is 6.75. The molecule has 1 aromatic rings. The molecule has 0 saturated heterocycles. The van der Waals surface area contributed by atoms with E-state index >= 15 is 0 Å². The molecule has 0 atom stereocenters. The molecule has 0 radical (unpaired) electrons. The van der Waals surface area contributed by atoms with E-state index in [1.807, 2.05) is 0 Å². The van der Waals surface area contributed by atoms with Gasteiger partial charge < -0.3 is 4.74 Å². The van der Waals surface area contributed by atoms with Crippen molar-refractivity contribution in [3.05, 3.63) is 28.5 Å². The normalized spacial score (nSPS) is 16.4. The van der Waals surface area contributed by atoms with Crippen LogP contribution in [-0.4, -0.2) is 6.61 Å². The van der Waals surface area contributed by atoms with Crippen LogP contribution in [0.15, 0.2) is 22.7 Å². The van der Waals surface area contributed by atoms with E-state index in [1.165, 1.54) is 25.3 Å². The van der Waals surface area contributed by atoms with E-state index in [0.717, 1.165) is 4.47 Å². The molecule has 1 aliphatic carbocycles. The highest BCUT2D eigenvalue weighted by Crippen LogP contribution is 2.28. The molecule has 0 heterocycles. The van der Waals surface area contributed by atoms with E-state index in [9.17, 15) is 4.39 Å². The zero-order valence-electron chi connectivity index (χ0n) is 7.80. The topological polar surface area (TPSA) is 9.23 Å². The fraction of sp³-hybridized carbons (Fsp3) is 0.455. The Morgan fingerprint density at radius 3 is 2.86 bits per heavy atom. The van der Waals surface area contributed by atoms with Gasteiger partial charge >= 0.3 is 0 Å². The Bertz CT molecular complexity index is 323. The maximum atomic E-state index is 13.2. The van der Waals surface area contributed by atoms with Gasteiger partial charge in [-0.15, -0.1) is 0 Å². The average Bonchev–Trinajstić information content (AvgIpc) is 2.08. The molecular weight excluding hydrogens is 247 g/mol. The summed E-state index contributed by atoms with van der Waals surface area (Å²) in [5.41, 5.74) is 0. The van der Waals surface area contributed by atoms with Gasteiger partial charge in [0.15, 0.2) is 11.6 Å².